The lowest BCUT2D eigenvalue weighted by molar-refractivity contribution is -0.138. The van der Waals surface area contributed by atoms with Gasteiger partial charge in [-0.15, -0.1) is 0 Å². The molecule has 0 spiro atoms. The van der Waals surface area contributed by atoms with Gasteiger partial charge in [0.1, 0.15) is 0 Å². The van der Waals surface area contributed by atoms with E-state index in [1.807, 2.05) is 0 Å². The van der Waals surface area contributed by atoms with Gasteiger partial charge in [-0.1, -0.05) is 72.1 Å². The Balaban J connectivity index is 3.46. The second-order valence-electron chi connectivity index (χ2n) is 7.16. The molecule has 0 bridgehead atoms. The lowest BCUT2D eigenvalue weighted by Gasteiger charge is -2.04. The summed E-state index contributed by atoms with van der Waals surface area (Å²) >= 11 is 0. The molecule has 4 nitrogen and oxygen atoms in total. The Hall–Kier alpha value is -1.32. The first-order valence-corrected chi connectivity index (χ1v) is 10.2. The number of rotatable bonds is 16. The molecule has 25 heavy (non-hydrogen) atoms. The first-order chi connectivity index (χ1) is 12.1. The largest absolute Gasteiger partial charge is 0.463 e. The van der Waals surface area contributed by atoms with Crippen molar-refractivity contribution in [2.75, 3.05) is 13.2 Å². The molecular weight excluding hydrogens is 314 g/mol. The molecule has 0 saturated carbocycles. The van der Waals surface area contributed by atoms with Crippen LogP contribution >= 0.6 is 0 Å². The van der Waals surface area contributed by atoms with Crippen LogP contribution in [0.25, 0.3) is 0 Å². The van der Waals surface area contributed by atoms with E-state index in [2.05, 4.69) is 26.1 Å². The zero-order chi connectivity index (χ0) is 18.8. The third kappa shape index (κ3) is 18.9. The van der Waals surface area contributed by atoms with Crippen LogP contribution in [0.3, 0.4) is 0 Å². The SMILES string of the molecule is CCCCCCCCCCCNC(=O)/C=C/C(=O)OCCCC(C)C. The normalized spacial score (nSPS) is 11.2. The van der Waals surface area contributed by atoms with E-state index < -0.39 is 5.97 Å². The van der Waals surface area contributed by atoms with Gasteiger partial charge in [0.05, 0.1) is 6.61 Å². The van der Waals surface area contributed by atoms with Crippen LogP contribution in [0.15, 0.2) is 12.2 Å². The molecule has 0 aliphatic rings. The molecule has 0 aromatic rings. The Morgan fingerprint density at radius 1 is 0.880 bits per heavy atom. The minimum atomic E-state index is -0.443. The van der Waals surface area contributed by atoms with E-state index in [1.165, 1.54) is 57.1 Å². The molecule has 0 rings (SSSR count). The molecule has 4 heteroatoms. The molecule has 0 atom stereocenters. The van der Waals surface area contributed by atoms with Gasteiger partial charge < -0.3 is 10.1 Å². The summed E-state index contributed by atoms with van der Waals surface area (Å²) in [6.07, 6.45) is 15.7. The summed E-state index contributed by atoms with van der Waals surface area (Å²) in [6.45, 7) is 7.60. The molecule has 0 fully saturated rings. The molecule has 0 aliphatic carbocycles. The second kappa shape index (κ2) is 17.5. The first-order valence-electron chi connectivity index (χ1n) is 10.2. The summed E-state index contributed by atoms with van der Waals surface area (Å²) in [6, 6.07) is 0. The Kier molecular flexibility index (Phi) is 16.6. The molecule has 0 aromatic heterocycles. The highest BCUT2D eigenvalue weighted by atomic mass is 16.5. The average molecular weight is 354 g/mol. The fourth-order valence-electron chi connectivity index (χ4n) is 2.56. The molecule has 1 amide bonds. The fraction of sp³-hybridized carbons (Fsp3) is 0.810. The summed E-state index contributed by atoms with van der Waals surface area (Å²) in [7, 11) is 0. The third-order valence-electron chi connectivity index (χ3n) is 4.12. The number of esters is 1. The number of unbranched alkanes of at least 4 members (excludes halogenated alkanes) is 8. The summed E-state index contributed by atoms with van der Waals surface area (Å²) < 4.78 is 5.04. The summed E-state index contributed by atoms with van der Waals surface area (Å²) in [5.74, 6) is -0.0539. The summed E-state index contributed by atoms with van der Waals surface area (Å²) in [4.78, 5) is 23.0. The number of amides is 1. The Morgan fingerprint density at radius 3 is 2.08 bits per heavy atom. The number of carbonyl (C=O) groups is 2. The van der Waals surface area contributed by atoms with Crippen molar-refractivity contribution in [2.24, 2.45) is 5.92 Å². The topological polar surface area (TPSA) is 55.4 Å². The van der Waals surface area contributed by atoms with Gasteiger partial charge in [0.25, 0.3) is 0 Å². The van der Waals surface area contributed by atoms with Gasteiger partial charge in [0.2, 0.25) is 5.91 Å². The van der Waals surface area contributed by atoms with Crippen molar-refractivity contribution in [1.29, 1.82) is 0 Å². The second-order valence-corrected chi connectivity index (χ2v) is 7.16. The van der Waals surface area contributed by atoms with E-state index in [-0.39, 0.29) is 5.91 Å². The summed E-state index contributed by atoms with van der Waals surface area (Å²) in [5, 5.41) is 2.81. The van der Waals surface area contributed by atoms with Crippen molar-refractivity contribution in [3.63, 3.8) is 0 Å². The van der Waals surface area contributed by atoms with Gasteiger partial charge in [-0.2, -0.15) is 0 Å². The van der Waals surface area contributed by atoms with Crippen molar-refractivity contribution in [3.05, 3.63) is 12.2 Å². The monoisotopic (exact) mass is 353 g/mol. The van der Waals surface area contributed by atoms with Crippen LogP contribution in [0, 0.1) is 5.92 Å². The third-order valence-corrected chi connectivity index (χ3v) is 4.12. The predicted molar refractivity (Wildman–Crippen MR) is 104 cm³/mol. The minimum absolute atomic E-state index is 0.223. The molecule has 0 radical (unpaired) electrons. The Labute approximate surface area is 154 Å². The van der Waals surface area contributed by atoms with Gasteiger partial charge in [0, 0.05) is 18.7 Å². The fourth-order valence-corrected chi connectivity index (χ4v) is 2.56. The highest BCUT2D eigenvalue weighted by molar-refractivity contribution is 5.94. The van der Waals surface area contributed by atoms with Crippen LogP contribution in [-0.2, 0) is 14.3 Å². The molecule has 0 saturated heterocycles. The number of nitrogens with one attached hydrogen (secondary N) is 1. The standard InChI is InChI=1S/C21H39NO3/c1-4-5-6-7-8-9-10-11-12-17-22-20(23)15-16-21(24)25-18-13-14-19(2)3/h15-16,19H,4-14,17-18H2,1-3H3,(H,22,23)/b16-15+. The number of hydrogen-bond donors (Lipinski definition) is 1. The maximum atomic E-state index is 11.6. The average Bonchev–Trinajstić information content (AvgIpc) is 2.58. The summed E-state index contributed by atoms with van der Waals surface area (Å²) in [5.41, 5.74) is 0. The van der Waals surface area contributed by atoms with Crippen molar-refractivity contribution < 1.29 is 14.3 Å². The maximum Gasteiger partial charge on any atom is 0.330 e. The van der Waals surface area contributed by atoms with Gasteiger partial charge in [-0.25, -0.2) is 4.79 Å². The zero-order valence-corrected chi connectivity index (χ0v) is 16.6. The van der Waals surface area contributed by atoms with Crippen LogP contribution in [0.4, 0.5) is 0 Å². The Bertz CT molecular complexity index is 364. The molecule has 1 N–H and O–H groups in total. The van der Waals surface area contributed by atoms with Crippen LogP contribution < -0.4 is 5.32 Å². The van der Waals surface area contributed by atoms with Gasteiger partial charge >= 0.3 is 5.97 Å². The van der Waals surface area contributed by atoms with Crippen LogP contribution in [0.2, 0.25) is 0 Å². The van der Waals surface area contributed by atoms with E-state index >= 15 is 0 Å². The Morgan fingerprint density at radius 2 is 1.48 bits per heavy atom. The first kappa shape index (κ1) is 23.7. The highest BCUT2D eigenvalue weighted by Crippen LogP contribution is 2.09. The van der Waals surface area contributed by atoms with Gasteiger partial charge in [-0.05, 0) is 25.2 Å². The van der Waals surface area contributed by atoms with Crippen LogP contribution in [0.1, 0.15) is 91.4 Å². The van der Waals surface area contributed by atoms with Crippen LogP contribution in [-0.4, -0.2) is 25.0 Å². The molecule has 0 aromatic carbocycles. The highest BCUT2D eigenvalue weighted by Gasteiger charge is 2.01. The predicted octanol–water partition coefficient (Wildman–Crippen LogP) is 5.17. The molecule has 0 heterocycles. The quantitative estimate of drug-likeness (QED) is 0.237. The van der Waals surface area contributed by atoms with Crippen molar-refractivity contribution >= 4 is 11.9 Å². The van der Waals surface area contributed by atoms with Crippen molar-refractivity contribution in [1.82, 2.24) is 5.32 Å². The molecule has 0 aliphatic heterocycles. The van der Waals surface area contributed by atoms with Crippen molar-refractivity contribution in [3.8, 4) is 0 Å². The van der Waals surface area contributed by atoms with Gasteiger partial charge in [0.15, 0.2) is 0 Å². The molecular formula is C21H39NO3. The van der Waals surface area contributed by atoms with E-state index in [9.17, 15) is 9.59 Å². The van der Waals surface area contributed by atoms with E-state index in [4.69, 9.17) is 4.74 Å². The molecule has 146 valence electrons. The molecule has 0 unspecified atom stereocenters. The van der Waals surface area contributed by atoms with Gasteiger partial charge in [-0.3, -0.25) is 4.79 Å². The van der Waals surface area contributed by atoms with E-state index in [0.29, 0.717) is 19.1 Å². The smallest absolute Gasteiger partial charge is 0.330 e. The van der Waals surface area contributed by atoms with E-state index in [1.54, 1.807) is 0 Å². The van der Waals surface area contributed by atoms with Crippen LogP contribution in [0.5, 0.6) is 0 Å². The maximum absolute atomic E-state index is 11.6. The minimum Gasteiger partial charge on any atom is -0.463 e. The number of carbonyl (C=O) groups excluding carboxylic acids is 2. The lowest BCUT2D eigenvalue weighted by atomic mass is 10.1. The lowest BCUT2D eigenvalue weighted by Crippen LogP contribution is -2.22. The zero-order valence-electron chi connectivity index (χ0n) is 16.6. The number of hydrogen-bond acceptors (Lipinski definition) is 3. The number of ether oxygens (including phenoxy) is 1. The van der Waals surface area contributed by atoms with Crippen molar-refractivity contribution in [2.45, 2.75) is 91.4 Å². The van der Waals surface area contributed by atoms with E-state index in [0.717, 1.165) is 25.7 Å².